The van der Waals surface area contributed by atoms with E-state index in [1.54, 1.807) is 19.1 Å². The van der Waals surface area contributed by atoms with Crippen LogP contribution in [0.4, 0.5) is 5.69 Å². The molecule has 7 heteroatoms. The van der Waals surface area contributed by atoms with E-state index < -0.39 is 0 Å². The van der Waals surface area contributed by atoms with Gasteiger partial charge in [-0.1, -0.05) is 17.3 Å². The average Bonchev–Trinajstić information content (AvgIpc) is 2.71. The molecule has 1 aromatic heterocycles. The van der Waals surface area contributed by atoms with Gasteiger partial charge in [0.1, 0.15) is 5.52 Å². The van der Waals surface area contributed by atoms with Crippen LogP contribution in [0, 0.1) is 0 Å². The van der Waals surface area contributed by atoms with Crippen LogP contribution in [0.25, 0.3) is 10.9 Å². The molecule has 1 N–H and O–H groups in total. The van der Waals surface area contributed by atoms with Crippen LogP contribution in [0.5, 0.6) is 0 Å². The summed E-state index contributed by atoms with van der Waals surface area (Å²) in [5.41, 5.74) is 2.40. The quantitative estimate of drug-likeness (QED) is 0.677. The molecule has 1 saturated heterocycles. The SMILES string of the molecule is CC(=O)c1ccc(N2CC[NH+](Cn3nnc4ccccc4c3=O)CC2)cc1. The lowest BCUT2D eigenvalue weighted by molar-refractivity contribution is -0.924. The number of quaternary nitrogens is 1. The number of nitrogens with zero attached hydrogens (tertiary/aromatic N) is 4. The molecule has 0 bridgehead atoms. The summed E-state index contributed by atoms with van der Waals surface area (Å²) in [4.78, 5) is 27.6. The first-order chi connectivity index (χ1) is 13.1. The molecule has 1 fully saturated rings. The summed E-state index contributed by atoms with van der Waals surface area (Å²) >= 11 is 0. The number of hydrogen-bond donors (Lipinski definition) is 1. The lowest BCUT2D eigenvalue weighted by Crippen LogP contribution is -3.14. The van der Waals surface area contributed by atoms with Crippen molar-refractivity contribution in [1.82, 2.24) is 15.0 Å². The van der Waals surface area contributed by atoms with Gasteiger partial charge < -0.3 is 9.80 Å². The Labute approximate surface area is 156 Å². The highest BCUT2D eigenvalue weighted by atomic mass is 16.1. The van der Waals surface area contributed by atoms with Crippen molar-refractivity contribution in [3.63, 3.8) is 0 Å². The smallest absolute Gasteiger partial charge is 0.282 e. The summed E-state index contributed by atoms with van der Waals surface area (Å²) in [5, 5.41) is 8.85. The molecule has 0 radical (unpaired) electrons. The largest absolute Gasteiger partial charge is 0.360 e. The molecule has 2 aromatic carbocycles. The number of hydrogen-bond acceptors (Lipinski definition) is 5. The molecular formula is C20H22N5O2+. The van der Waals surface area contributed by atoms with Crippen molar-refractivity contribution in [3.05, 3.63) is 64.4 Å². The van der Waals surface area contributed by atoms with Crippen LogP contribution in [0.1, 0.15) is 17.3 Å². The van der Waals surface area contributed by atoms with E-state index in [0.29, 0.717) is 17.6 Å². The lowest BCUT2D eigenvalue weighted by atomic mass is 10.1. The van der Waals surface area contributed by atoms with Crippen molar-refractivity contribution in [3.8, 4) is 0 Å². The summed E-state index contributed by atoms with van der Waals surface area (Å²) in [7, 11) is 0. The number of benzene rings is 2. The highest BCUT2D eigenvalue weighted by molar-refractivity contribution is 5.94. The standard InChI is InChI=1S/C20H21N5O2/c1-15(26)16-6-8-17(9-7-16)24-12-10-23(11-13-24)14-25-20(27)18-4-2-3-5-19(18)21-22-25/h2-9H,10-14H2,1H3/p+1. The number of Topliss-reactive ketones (excluding diaryl/α,β-unsaturated/α-hetero) is 1. The van der Waals surface area contributed by atoms with Crippen LogP contribution in [0.3, 0.4) is 0 Å². The first-order valence-electron chi connectivity index (χ1n) is 9.14. The van der Waals surface area contributed by atoms with E-state index in [1.165, 1.54) is 9.58 Å². The summed E-state index contributed by atoms with van der Waals surface area (Å²) in [5.74, 6) is 0.0813. The molecule has 1 aliphatic heterocycles. The molecule has 0 amide bonds. The fourth-order valence-electron chi connectivity index (χ4n) is 3.48. The Morgan fingerprint density at radius 1 is 1.07 bits per heavy atom. The van der Waals surface area contributed by atoms with Crippen molar-refractivity contribution in [2.45, 2.75) is 13.6 Å². The number of rotatable bonds is 4. The molecule has 0 spiro atoms. The Morgan fingerprint density at radius 3 is 2.48 bits per heavy atom. The average molecular weight is 364 g/mol. The van der Waals surface area contributed by atoms with Crippen molar-refractivity contribution in [2.75, 3.05) is 31.1 Å². The highest BCUT2D eigenvalue weighted by Gasteiger charge is 2.21. The van der Waals surface area contributed by atoms with Gasteiger partial charge in [0.05, 0.1) is 31.6 Å². The number of ketones is 1. The van der Waals surface area contributed by atoms with E-state index in [0.717, 1.165) is 37.4 Å². The molecule has 4 rings (SSSR count). The molecule has 0 saturated carbocycles. The van der Waals surface area contributed by atoms with Gasteiger partial charge in [-0.05, 0) is 43.3 Å². The molecule has 0 atom stereocenters. The van der Waals surface area contributed by atoms with Gasteiger partial charge in [-0.3, -0.25) is 9.59 Å². The number of carbonyl (C=O) groups is 1. The van der Waals surface area contributed by atoms with Gasteiger partial charge in [-0.25, -0.2) is 0 Å². The van der Waals surface area contributed by atoms with E-state index in [-0.39, 0.29) is 11.3 Å². The lowest BCUT2D eigenvalue weighted by Gasteiger charge is -2.33. The molecular weight excluding hydrogens is 342 g/mol. The van der Waals surface area contributed by atoms with Gasteiger partial charge in [0.2, 0.25) is 0 Å². The number of nitrogens with one attached hydrogen (secondary N) is 1. The summed E-state index contributed by atoms with van der Waals surface area (Å²) < 4.78 is 1.47. The van der Waals surface area contributed by atoms with Crippen LogP contribution in [-0.2, 0) is 6.67 Å². The van der Waals surface area contributed by atoms with E-state index in [4.69, 9.17) is 0 Å². The van der Waals surface area contributed by atoms with E-state index in [9.17, 15) is 9.59 Å². The predicted octanol–water partition coefficient (Wildman–Crippen LogP) is 0.357. The first kappa shape index (κ1) is 17.4. The van der Waals surface area contributed by atoms with Gasteiger partial charge in [-0.2, -0.15) is 4.68 Å². The number of aromatic nitrogens is 3. The minimum atomic E-state index is -0.0876. The number of fused-ring (bicyclic) bond motifs is 1. The van der Waals surface area contributed by atoms with Gasteiger partial charge in [0.25, 0.3) is 5.56 Å². The Morgan fingerprint density at radius 2 is 1.78 bits per heavy atom. The number of piperazine rings is 1. The van der Waals surface area contributed by atoms with E-state index in [2.05, 4.69) is 15.2 Å². The third-order valence-electron chi connectivity index (χ3n) is 5.11. The Hall–Kier alpha value is -3.06. The molecule has 7 nitrogen and oxygen atoms in total. The maximum Gasteiger partial charge on any atom is 0.282 e. The van der Waals surface area contributed by atoms with Crippen molar-refractivity contribution in [2.24, 2.45) is 0 Å². The van der Waals surface area contributed by atoms with Crippen LogP contribution in [0.2, 0.25) is 0 Å². The molecule has 138 valence electrons. The maximum absolute atomic E-state index is 12.6. The summed E-state index contributed by atoms with van der Waals surface area (Å²) in [6.45, 7) is 5.71. The molecule has 0 unspecified atom stereocenters. The molecule has 2 heterocycles. The zero-order valence-electron chi connectivity index (χ0n) is 15.3. The van der Waals surface area contributed by atoms with Crippen LogP contribution in [0.15, 0.2) is 53.3 Å². The molecule has 27 heavy (non-hydrogen) atoms. The highest BCUT2D eigenvalue weighted by Crippen LogP contribution is 2.15. The minimum absolute atomic E-state index is 0.0813. The number of anilines is 1. The third-order valence-corrected chi connectivity index (χ3v) is 5.11. The molecule has 0 aliphatic carbocycles. The second-order valence-corrected chi connectivity index (χ2v) is 6.91. The Balaban J connectivity index is 1.42. The van der Waals surface area contributed by atoms with Gasteiger partial charge in [0.15, 0.2) is 12.5 Å². The third kappa shape index (κ3) is 3.59. The summed E-state index contributed by atoms with van der Waals surface area (Å²) in [6.07, 6.45) is 0. The fraction of sp³-hybridized carbons (Fsp3) is 0.300. The Kier molecular flexibility index (Phi) is 4.68. The van der Waals surface area contributed by atoms with Crippen LogP contribution >= 0.6 is 0 Å². The van der Waals surface area contributed by atoms with Crippen molar-refractivity contribution in [1.29, 1.82) is 0 Å². The maximum atomic E-state index is 12.6. The Bertz CT molecular complexity index is 1020. The van der Waals surface area contributed by atoms with Gasteiger partial charge >= 0.3 is 0 Å². The monoisotopic (exact) mass is 364 g/mol. The van der Waals surface area contributed by atoms with E-state index >= 15 is 0 Å². The van der Waals surface area contributed by atoms with Gasteiger partial charge in [-0.15, -0.1) is 5.10 Å². The van der Waals surface area contributed by atoms with Crippen LogP contribution in [-0.4, -0.2) is 47.0 Å². The summed E-state index contributed by atoms with van der Waals surface area (Å²) in [6, 6.07) is 15.1. The van der Waals surface area contributed by atoms with Crippen molar-refractivity contribution < 1.29 is 9.69 Å². The van der Waals surface area contributed by atoms with Gasteiger partial charge in [0, 0.05) is 11.3 Å². The fourth-order valence-corrected chi connectivity index (χ4v) is 3.48. The topological polar surface area (TPSA) is 72.5 Å². The van der Waals surface area contributed by atoms with E-state index in [1.807, 2.05) is 36.4 Å². The zero-order chi connectivity index (χ0) is 18.8. The predicted molar refractivity (Wildman–Crippen MR) is 103 cm³/mol. The first-order valence-corrected chi connectivity index (χ1v) is 9.14. The second kappa shape index (κ2) is 7.28. The number of carbonyl (C=O) groups excluding carboxylic acids is 1. The molecule has 3 aromatic rings. The molecule has 1 aliphatic rings. The zero-order valence-corrected chi connectivity index (χ0v) is 15.3. The minimum Gasteiger partial charge on any atom is -0.360 e. The second-order valence-electron chi connectivity index (χ2n) is 6.91. The van der Waals surface area contributed by atoms with Crippen molar-refractivity contribution >= 4 is 22.4 Å². The van der Waals surface area contributed by atoms with Crippen LogP contribution < -0.4 is 15.4 Å². The normalized spacial score (nSPS) is 15.2.